The molecule has 0 fully saturated rings. The largest absolute Gasteiger partial charge is 0.490 e. The molecule has 0 aliphatic carbocycles. The van der Waals surface area contributed by atoms with Crippen LogP contribution in [0.5, 0.6) is 17.2 Å². The molecule has 2 rings (SSSR count). The van der Waals surface area contributed by atoms with Crippen LogP contribution < -0.4 is 19.0 Å². The van der Waals surface area contributed by atoms with E-state index in [4.69, 9.17) is 13.7 Å². The first-order chi connectivity index (χ1) is 13.3. The van der Waals surface area contributed by atoms with Crippen molar-refractivity contribution in [2.24, 2.45) is 0 Å². The van der Waals surface area contributed by atoms with Gasteiger partial charge < -0.3 is 19.0 Å². The second-order valence-electron chi connectivity index (χ2n) is 6.07. The van der Waals surface area contributed by atoms with E-state index < -0.39 is 10.1 Å². The molecule has 0 unspecified atom stereocenters. The summed E-state index contributed by atoms with van der Waals surface area (Å²) >= 11 is 0. The van der Waals surface area contributed by atoms with Gasteiger partial charge in [0.2, 0.25) is 0 Å². The Hall–Kier alpha value is -2.74. The highest BCUT2D eigenvalue weighted by Crippen LogP contribution is 2.36. The zero-order valence-corrected chi connectivity index (χ0v) is 17.0. The molecule has 2 aromatic carbocycles. The second kappa shape index (κ2) is 9.98. The van der Waals surface area contributed by atoms with E-state index in [0.29, 0.717) is 43.2 Å². The van der Waals surface area contributed by atoms with Gasteiger partial charge in [-0.3, -0.25) is 4.79 Å². The molecular formula is C20H25NO6S. The lowest BCUT2D eigenvalue weighted by molar-refractivity contribution is -0.134. The van der Waals surface area contributed by atoms with Crippen molar-refractivity contribution in [2.45, 2.75) is 33.2 Å². The van der Waals surface area contributed by atoms with Gasteiger partial charge in [-0.2, -0.15) is 8.42 Å². The third-order valence-electron chi connectivity index (χ3n) is 3.60. The first-order valence-electron chi connectivity index (χ1n) is 9.01. The molecule has 0 saturated carbocycles. The number of nitrogens with one attached hydrogen (secondary N) is 1. The molecule has 0 atom stereocenters. The number of benzene rings is 2. The van der Waals surface area contributed by atoms with Crippen LogP contribution in [0.4, 0.5) is 5.69 Å². The van der Waals surface area contributed by atoms with Gasteiger partial charge in [0.05, 0.1) is 18.6 Å². The van der Waals surface area contributed by atoms with E-state index in [-0.39, 0.29) is 11.7 Å². The van der Waals surface area contributed by atoms with Crippen LogP contribution in [0.15, 0.2) is 42.5 Å². The Balaban J connectivity index is 2.14. The van der Waals surface area contributed by atoms with Crippen molar-refractivity contribution < 1.29 is 26.9 Å². The van der Waals surface area contributed by atoms with E-state index in [2.05, 4.69) is 5.32 Å². The molecule has 0 aliphatic rings. The van der Waals surface area contributed by atoms with E-state index >= 15 is 0 Å². The molecular weight excluding hydrogens is 382 g/mol. The molecule has 7 nitrogen and oxygen atoms in total. The summed E-state index contributed by atoms with van der Waals surface area (Å²) in [7, 11) is -3.56. The number of rotatable bonds is 10. The van der Waals surface area contributed by atoms with Gasteiger partial charge in [-0.25, -0.2) is 0 Å². The first-order valence-corrected chi connectivity index (χ1v) is 10.8. The summed E-state index contributed by atoms with van der Waals surface area (Å²) in [5, 5.41) is 3.23. The summed E-state index contributed by atoms with van der Waals surface area (Å²) in [6, 6.07) is 12.0. The van der Waals surface area contributed by atoms with Crippen LogP contribution in [0.25, 0.3) is 0 Å². The maximum atomic E-state index is 12.0. The van der Waals surface area contributed by atoms with Gasteiger partial charge in [0.1, 0.15) is 5.75 Å². The molecule has 0 heterocycles. The minimum atomic E-state index is -3.56. The van der Waals surface area contributed by atoms with Crippen LogP contribution in [0, 0.1) is 0 Å². The molecule has 28 heavy (non-hydrogen) atoms. The Morgan fingerprint density at radius 1 is 1.07 bits per heavy atom. The Morgan fingerprint density at radius 3 is 2.39 bits per heavy atom. The predicted octanol–water partition coefficient (Wildman–Crippen LogP) is 3.74. The Kier molecular flexibility index (Phi) is 7.69. The Bertz CT molecular complexity index is 893. The van der Waals surface area contributed by atoms with Crippen molar-refractivity contribution in [1.29, 1.82) is 0 Å². The van der Waals surface area contributed by atoms with E-state index in [0.717, 1.165) is 11.8 Å². The molecule has 0 aromatic heterocycles. The average Bonchev–Trinajstić information content (AvgIpc) is 2.62. The molecule has 2 aromatic rings. The fourth-order valence-corrected chi connectivity index (χ4v) is 2.89. The standard InChI is InChI=1S/C20H25NO6S/c1-4-7-19(22)26-20-17(8-6-9-18(20)25-5-2)21-14-15-10-12-16(13-11-15)27-28(3,23)24/h6,8-13,21H,4-5,7,14H2,1-3H3. The van der Waals surface area contributed by atoms with Crippen LogP contribution in [-0.2, 0) is 21.5 Å². The van der Waals surface area contributed by atoms with Crippen LogP contribution in [0.1, 0.15) is 32.3 Å². The fraction of sp³-hybridized carbons (Fsp3) is 0.350. The predicted molar refractivity (Wildman–Crippen MR) is 107 cm³/mol. The Labute approximate surface area is 165 Å². The summed E-state index contributed by atoms with van der Waals surface area (Å²) in [5.41, 5.74) is 1.53. The highest BCUT2D eigenvalue weighted by molar-refractivity contribution is 7.86. The molecule has 8 heteroatoms. The molecule has 0 amide bonds. The quantitative estimate of drug-likeness (QED) is 0.364. The molecule has 0 bridgehead atoms. The zero-order valence-electron chi connectivity index (χ0n) is 16.2. The van der Waals surface area contributed by atoms with Gasteiger partial charge in [-0.05, 0) is 43.2 Å². The minimum Gasteiger partial charge on any atom is -0.490 e. The minimum absolute atomic E-state index is 0.249. The molecule has 0 spiro atoms. The van der Waals surface area contributed by atoms with Gasteiger partial charge in [-0.15, -0.1) is 0 Å². The third-order valence-corrected chi connectivity index (χ3v) is 4.10. The maximum absolute atomic E-state index is 12.0. The number of esters is 1. The monoisotopic (exact) mass is 407 g/mol. The van der Waals surface area contributed by atoms with E-state index in [1.54, 1.807) is 36.4 Å². The van der Waals surface area contributed by atoms with Crippen LogP contribution in [-0.4, -0.2) is 27.2 Å². The van der Waals surface area contributed by atoms with Gasteiger partial charge in [0.15, 0.2) is 11.5 Å². The van der Waals surface area contributed by atoms with Crippen molar-refractivity contribution in [3.05, 3.63) is 48.0 Å². The fourth-order valence-electron chi connectivity index (χ4n) is 2.43. The Morgan fingerprint density at radius 2 is 1.79 bits per heavy atom. The van der Waals surface area contributed by atoms with E-state index in [1.165, 1.54) is 0 Å². The normalized spacial score (nSPS) is 11.0. The van der Waals surface area contributed by atoms with E-state index in [1.807, 2.05) is 19.9 Å². The van der Waals surface area contributed by atoms with E-state index in [9.17, 15) is 13.2 Å². The van der Waals surface area contributed by atoms with Crippen molar-refractivity contribution >= 4 is 21.8 Å². The number of carbonyl (C=O) groups excluding carboxylic acids is 1. The second-order valence-corrected chi connectivity index (χ2v) is 7.65. The van der Waals surface area contributed by atoms with Gasteiger partial charge in [-0.1, -0.05) is 25.1 Å². The zero-order chi connectivity index (χ0) is 20.6. The summed E-state index contributed by atoms with van der Waals surface area (Å²) in [4.78, 5) is 12.0. The van der Waals surface area contributed by atoms with Crippen LogP contribution >= 0.6 is 0 Å². The number of carbonyl (C=O) groups is 1. The summed E-state index contributed by atoms with van der Waals surface area (Å²) in [5.74, 6) is 0.785. The van der Waals surface area contributed by atoms with Crippen molar-refractivity contribution in [2.75, 3.05) is 18.2 Å². The topological polar surface area (TPSA) is 90.9 Å². The maximum Gasteiger partial charge on any atom is 0.311 e. The first kappa shape index (κ1) is 21.6. The van der Waals surface area contributed by atoms with Crippen LogP contribution in [0.2, 0.25) is 0 Å². The average molecular weight is 407 g/mol. The van der Waals surface area contributed by atoms with Crippen molar-refractivity contribution in [3.8, 4) is 17.2 Å². The van der Waals surface area contributed by atoms with Crippen molar-refractivity contribution in [3.63, 3.8) is 0 Å². The number of ether oxygens (including phenoxy) is 2. The lowest BCUT2D eigenvalue weighted by Gasteiger charge is -2.16. The van der Waals surface area contributed by atoms with Gasteiger partial charge in [0, 0.05) is 13.0 Å². The molecule has 0 radical (unpaired) electrons. The summed E-state index contributed by atoms with van der Waals surface area (Å²) in [6.07, 6.45) is 2.01. The number of anilines is 1. The number of para-hydroxylation sites is 1. The summed E-state index contributed by atoms with van der Waals surface area (Å²) < 4.78 is 38.3. The number of hydrogen-bond donors (Lipinski definition) is 1. The third kappa shape index (κ3) is 6.77. The molecule has 1 N–H and O–H groups in total. The van der Waals surface area contributed by atoms with Gasteiger partial charge in [0.25, 0.3) is 0 Å². The lowest BCUT2D eigenvalue weighted by Crippen LogP contribution is -2.11. The van der Waals surface area contributed by atoms with Crippen molar-refractivity contribution in [1.82, 2.24) is 0 Å². The smallest absolute Gasteiger partial charge is 0.311 e. The number of hydrogen-bond acceptors (Lipinski definition) is 7. The SMILES string of the molecule is CCCC(=O)Oc1c(NCc2ccc(OS(C)(=O)=O)cc2)cccc1OCC. The molecule has 152 valence electrons. The highest BCUT2D eigenvalue weighted by atomic mass is 32.2. The molecule has 0 saturated heterocycles. The van der Waals surface area contributed by atoms with Crippen LogP contribution in [0.3, 0.4) is 0 Å². The lowest BCUT2D eigenvalue weighted by atomic mass is 10.2. The van der Waals surface area contributed by atoms with Gasteiger partial charge >= 0.3 is 16.1 Å². The highest BCUT2D eigenvalue weighted by Gasteiger charge is 2.15. The summed E-state index contributed by atoms with van der Waals surface area (Å²) in [6.45, 7) is 4.65. The molecule has 0 aliphatic heterocycles.